The second-order valence-electron chi connectivity index (χ2n) is 5.05. The molecule has 0 aromatic heterocycles. The molecular formula is C18H20N2O5. The first-order chi connectivity index (χ1) is 12.1. The summed E-state index contributed by atoms with van der Waals surface area (Å²) in [5, 5.41) is 5.08. The number of carbonyl (C=O) groups is 2. The van der Waals surface area contributed by atoms with Crippen molar-refractivity contribution in [2.24, 2.45) is 0 Å². The highest BCUT2D eigenvalue weighted by atomic mass is 16.5. The van der Waals surface area contributed by atoms with E-state index in [0.717, 1.165) is 5.56 Å². The van der Waals surface area contributed by atoms with Crippen LogP contribution in [0.1, 0.15) is 5.56 Å². The van der Waals surface area contributed by atoms with E-state index in [0.29, 0.717) is 22.9 Å². The van der Waals surface area contributed by atoms with Crippen LogP contribution in [0.5, 0.6) is 17.2 Å². The number of anilines is 1. The van der Waals surface area contributed by atoms with Crippen LogP contribution < -0.4 is 24.8 Å². The highest BCUT2D eigenvalue weighted by Crippen LogP contribution is 2.27. The summed E-state index contributed by atoms with van der Waals surface area (Å²) in [7, 11) is 4.63. The van der Waals surface area contributed by atoms with Gasteiger partial charge in [0.05, 0.1) is 21.3 Å². The van der Waals surface area contributed by atoms with Gasteiger partial charge in [-0.1, -0.05) is 6.07 Å². The molecule has 7 heteroatoms. The Morgan fingerprint density at radius 3 is 2.12 bits per heavy atom. The van der Waals surface area contributed by atoms with Crippen molar-refractivity contribution in [2.45, 2.75) is 6.54 Å². The number of hydrogen-bond acceptors (Lipinski definition) is 5. The minimum Gasteiger partial charge on any atom is -0.497 e. The molecular weight excluding hydrogens is 324 g/mol. The summed E-state index contributed by atoms with van der Waals surface area (Å²) >= 11 is 0. The van der Waals surface area contributed by atoms with Crippen molar-refractivity contribution in [1.29, 1.82) is 0 Å². The Labute approximate surface area is 145 Å². The zero-order valence-electron chi connectivity index (χ0n) is 14.3. The van der Waals surface area contributed by atoms with E-state index in [-0.39, 0.29) is 6.54 Å². The molecule has 0 fully saturated rings. The Morgan fingerprint density at radius 1 is 0.840 bits per heavy atom. The first kappa shape index (κ1) is 18.1. The van der Waals surface area contributed by atoms with Gasteiger partial charge < -0.3 is 24.8 Å². The van der Waals surface area contributed by atoms with Crippen LogP contribution in [-0.2, 0) is 16.1 Å². The highest BCUT2D eigenvalue weighted by Gasteiger charge is 2.14. The summed E-state index contributed by atoms with van der Waals surface area (Å²) in [6, 6.07) is 11.9. The van der Waals surface area contributed by atoms with E-state index in [1.54, 1.807) is 56.7 Å². The smallest absolute Gasteiger partial charge is 0.313 e. The number of rotatable bonds is 6. The van der Waals surface area contributed by atoms with Crippen LogP contribution in [0.25, 0.3) is 0 Å². The molecule has 2 aromatic rings. The lowest BCUT2D eigenvalue weighted by Gasteiger charge is -2.10. The Balaban J connectivity index is 1.91. The Kier molecular flexibility index (Phi) is 6.22. The molecule has 0 bridgehead atoms. The molecule has 2 aromatic carbocycles. The van der Waals surface area contributed by atoms with Crippen LogP contribution in [-0.4, -0.2) is 33.1 Å². The summed E-state index contributed by atoms with van der Waals surface area (Å²) in [6.45, 7) is 0.190. The van der Waals surface area contributed by atoms with Gasteiger partial charge in [-0.2, -0.15) is 0 Å². The van der Waals surface area contributed by atoms with Crippen molar-refractivity contribution >= 4 is 17.5 Å². The van der Waals surface area contributed by atoms with Gasteiger partial charge in [-0.15, -0.1) is 0 Å². The molecule has 0 heterocycles. The number of methoxy groups -OCH3 is 3. The summed E-state index contributed by atoms with van der Waals surface area (Å²) in [6.07, 6.45) is 0. The van der Waals surface area contributed by atoms with Crippen molar-refractivity contribution in [3.8, 4) is 17.2 Å². The zero-order chi connectivity index (χ0) is 18.2. The quantitative estimate of drug-likeness (QED) is 0.783. The summed E-state index contributed by atoms with van der Waals surface area (Å²) in [5.74, 6) is 0.332. The molecule has 0 saturated carbocycles. The van der Waals surface area contributed by atoms with Crippen molar-refractivity contribution in [3.63, 3.8) is 0 Å². The lowest BCUT2D eigenvalue weighted by atomic mass is 10.2. The SMILES string of the molecule is COc1ccc(NC(=O)C(=O)NCc2ccc(OC)c(OC)c2)cc1. The van der Waals surface area contributed by atoms with E-state index in [9.17, 15) is 9.59 Å². The van der Waals surface area contributed by atoms with E-state index in [4.69, 9.17) is 14.2 Å². The number of hydrogen-bond donors (Lipinski definition) is 2. The maximum Gasteiger partial charge on any atom is 0.313 e. The van der Waals surface area contributed by atoms with E-state index >= 15 is 0 Å². The normalized spacial score (nSPS) is 9.88. The fourth-order valence-corrected chi connectivity index (χ4v) is 2.12. The molecule has 0 atom stereocenters. The van der Waals surface area contributed by atoms with E-state index in [1.807, 2.05) is 0 Å². The van der Waals surface area contributed by atoms with E-state index in [2.05, 4.69) is 10.6 Å². The van der Waals surface area contributed by atoms with Gasteiger partial charge in [-0.3, -0.25) is 9.59 Å². The fourth-order valence-electron chi connectivity index (χ4n) is 2.12. The third-order valence-corrected chi connectivity index (χ3v) is 3.46. The average Bonchev–Trinajstić information content (AvgIpc) is 2.66. The van der Waals surface area contributed by atoms with Gasteiger partial charge in [-0.05, 0) is 42.0 Å². The monoisotopic (exact) mass is 344 g/mol. The lowest BCUT2D eigenvalue weighted by molar-refractivity contribution is -0.136. The minimum absolute atomic E-state index is 0.190. The molecule has 132 valence electrons. The van der Waals surface area contributed by atoms with E-state index < -0.39 is 11.8 Å². The number of benzene rings is 2. The summed E-state index contributed by atoms with van der Waals surface area (Å²) in [5.41, 5.74) is 1.29. The molecule has 0 aliphatic carbocycles. The molecule has 0 aliphatic rings. The molecule has 0 spiro atoms. The molecule has 2 amide bonds. The molecule has 2 rings (SSSR count). The van der Waals surface area contributed by atoms with Gasteiger partial charge in [0, 0.05) is 12.2 Å². The van der Waals surface area contributed by atoms with Gasteiger partial charge >= 0.3 is 11.8 Å². The average molecular weight is 344 g/mol. The molecule has 25 heavy (non-hydrogen) atoms. The van der Waals surface area contributed by atoms with Crippen LogP contribution >= 0.6 is 0 Å². The van der Waals surface area contributed by atoms with Crippen LogP contribution in [0.15, 0.2) is 42.5 Å². The minimum atomic E-state index is -0.745. The Bertz CT molecular complexity index is 744. The first-order valence-corrected chi connectivity index (χ1v) is 7.51. The van der Waals surface area contributed by atoms with Crippen LogP contribution in [0.4, 0.5) is 5.69 Å². The van der Waals surface area contributed by atoms with Crippen LogP contribution in [0.2, 0.25) is 0 Å². The van der Waals surface area contributed by atoms with Crippen molar-refractivity contribution in [3.05, 3.63) is 48.0 Å². The highest BCUT2D eigenvalue weighted by molar-refractivity contribution is 6.39. The molecule has 7 nitrogen and oxygen atoms in total. The van der Waals surface area contributed by atoms with Crippen molar-refractivity contribution < 1.29 is 23.8 Å². The summed E-state index contributed by atoms with van der Waals surface area (Å²) in [4.78, 5) is 23.8. The predicted octanol–water partition coefficient (Wildman–Crippen LogP) is 1.97. The third-order valence-electron chi connectivity index (χ3n) is 3.46. The van der Waals surface area contributed by atoms with Crippen molar-refractivity contribution in [1.82, 2.24) is 5.32 Å². The number of nitrogens with one attached hydrogen (secondary N) is 2. The Morgan fingerprint density at radius 2 is 1.52 bits per heavy atom. The zero-order valence-corrected chi connectivity index (χ0v) is 14.3. The lowest BCUT2D eigenvalue weighted by Crippen LogP contribution is -2.34. The second-order valence-corrected chi connectivity index (χ2v) is 5.05. The van der Waals surface area contributed by atoms with Gasteiger partial charge in [0.15, 0.2) is 11.5 Å². The Hall–Kier alpha value is -3.22. The molecule has 0 saturated heterocycles. The third kappa shape index (κ3) is 4.87. The van der Waals surface area contributed by atoms with Crippen LogP contribution in [0.3, 0.4) is 0 Å². The maximum atomic E-state index is 11.9. The summed E-state index contributed by atoms with van der Waals surface area (Å²) < 4.78 is 15.4. The number of ether oxygens (including phenoxy) is 3. The predicted molar refractivity (Wildman–Crippen MR) is 93.0 cm³/mol. The first-order valence-electron chi connectivity index (χ1n) is 7.51. The van der Waals surface area contributed by atoms with E-state index in [1.165, 1.54) is 7.11 Å². The topological polar surface area (TPSA) is 85.9 Å². The molecule has 0 radical (unpaired) electrons. The van der Waals surface area contributed by atoms with Gasteiger partial charge in [0.25, 0.3) is 0 Å². The molecule has 0 unspecified atom stereocenters. The van der Waals surface area contributed by atoms with Crippen molar-refractivity contribution in [2.75, 3.05) is 26.6 Å². The van der Waals surface area contributed by atoms with Crippen LogP contribution in [0, 0.1) is 0 Å². The number of amides is 2. The van der Waals surface area contributed by atoms with Gasteiger partial charge in [0.1, 0.15) is 5.75 Å². The number of carbonyl (C=O) groups excluding carboxylic acids is 2. The molecule has 2 N–H and O–H groups in total. The largest absolute Gasteiger partial charge is 0.497 e. The standard InChI is InChI=1S/C18H20N2O5/c1-23-14-7-5-13(6-8-14)20-18(22)17(21)19-11-12-4-9-15(24-2)16(10-12)25-3/h4-10H,11H2,1-3H3,(H,19,21)(H,20,22). The maximum absolute atomic E-state index is 11.9. The second kappa shape index (κ2) is 8.58. The van der Waals surface area contributed by atoms with Gasteiger partial charge in [-0.25, -0.2) is 0 Å². The van der Waals surface area contributed by atoms with Gasteiger partial charge in [0.2, 0.25) is 0 Å². The molecule has 0 aliphatic heterocycles. The fraction of sp³-hybridized carbons (Fsp3) is 0.222.